The molecule has 4 heteroatoms. The van der Waals surface area contributed by atoms with E-state index in [1.54, 1.807) is 0 Å². The molecule has 3 aromatic rings. The summed E-state index contributed by atoms with van der Waals surface area (Å²) in [4.78, 5) is 11.3. The maximum absolute atomic E-state index is 11.3. The molecule has 3 aromatic carbocycles. The molecule has 1 unspecified atom stereocenters. The number of amides is 1. The van der Waals surface area contributed by atoms with Crippen LogP contribution >= 0.6 is 7.26 Å². The van der Waals surface area contributed by atoms with Gasteiger partial charge >= 0.3 is 155 Å². The van der Waals surface area contributed by atoms with Crippen LogP contribution in [0.5, 0.6) is 0 Å². The van der Waals surface area contributed by atoms with E-state index in [0.29, 0.717) is 6.61 Å². The minimum atomic E-state index is -2.43. The standard InChI is InChI=1S/C22H24NO2P/c1-18(17-25-22(23)24)26(19-11-5-2-6-12-19,20-13-7-3-8-14-20)21-15-9-4-10-16-21/h2-16,18,26H,17H2,1H3,(H2,23,24). The Bertz CT molecular complexity index is 741. The molecular weight excluding hydrogens is 341 g/mol. The fraction of sp³-hybridized carbons (Fsp3) is 0.136. The van der Waals surface area contributed by atoms with Gasteiger partial charge in [0.25, 0.3) is 0 Å². The zero-order valence-corrected chi connectivity index (χ0v) is 15.8. The summed E-state index contributed by atoms with van der Waals surface area (Å²) in [5, 5.41) is 3.87. The molecule has 3 rings (SSSR count). The molecule has 0 aromatic heterocycles. The van der Waals surface area contributed by atoms with Gasteiger partial charge in [-0.1, -0.05) is 0 Å². The molecule has 3 nitrogen and oxygen atoms in total. The molecule has 0 aliphatic rings. The van der Waals surface area contributed by atoms with E-state index in [2.05, 4.69) is 79.7 Å². The van der Waals surface area contributed by atoms with E-state index < -0.39 is 13.4 Å². The van der Waals surface area contributed by atoms with Gasteiger partial charge in [-0.25, -0.2) is 0 Å². The second kappa shape index (κ2) is 8.16. The number of ether oxygens (including phenoxy) is 1. The fourth-order valence-corrected chi connectivity index (χ4v) is 8.98. The van der Waals surface area contributed by atoms with E-state index >= 15 is 0 Å². The first-order valence-electron chi connectivity index (χ1n) is 8.74. The van der Waals surface area contributed by atoms with Crippen LogP contribution in [0.4, 0.5) is 4.79 Å². The van der Waals surface area contributed by atoms with Gasteiger partial charge in [0, 0.05) is 0 Å². The summed E-state index contributed by atoms with van der Waals surface area (Å²) < 4.78 is 5.25. The molecule has 1 amide bonds. The predicted molar refractivity (Wildman–Crippen MR) is 112 cm³/mol. The van der Waals surface area contributed by atoms with Gasteiger partial charge in [0.15, 0.2) is 0 Å². The van der Waals surface area contributed by atoms with Crippen molar-refractivity contribution in [2.24, 2.45) is 5.73 Å². The molecule has 0 aliphatic carbocycles. The molecule has 0 radical (unpaired) electrons. The zero-order valence-electron chi connectivity index (χ0n) is 14.8. The molecule has 1 atom stereocenters. The van der Waals surface area contributed by atoms with Gasteiger partial charge in [-0.15, -0.1) is 0 Å². The van der Waals surface area contributed by atoms with Crippen molar-refractivity contribution in [3.8, 4) is 0 Å². The first-order chi connectivity index (χ1) is 12.7. The van der Waals surface area contributed by atoms with Crippen molar-refractivity contribution in [3.05, 3.63) is 91.0 Å². The second-order valence-electron chi connectivity index (χ2n) is 6.44. The van der Waals surface area contributed by atoms with Crippen LogP contribution in [0.2, 0.25) is 0 Å². The normalized spacial score (nSPS) is 13.0. The molecule has 2 N–H and O–H groups in total. The Kier molecular flexibility index (Phi) is 5.70. The van der Waals surface area contributed by atoms with Gasteiger partial charge in [-0.05, 0) is 0 Å². The molecular formula is C22H24NO2P. The van der Waals surface area contributed by atoms with Crippen LogP contribution < -0.4 is 21.6 Å². The summed E-state index contributed by atoms with van der Waals surface area (Å²) in [5.41, 5.74) is 5.37. The number of hydrogen-bond donors (Lipinski definition) is 1. The Hall–Kier alpha value is -2.64. The monoisotopic (exact) mass is 365 g/mol. The number of carbonyl (C=O) groups is 1. The molecule has 0 heterocycles. The SMILES string of the molecule is CC(COC(N)=O)[PH](c1ccccc1)(c1ccccc1)c1ccccc1. The number of benzene rings is 3. The average Bonchev–Trinajstić information content (AvgIpc) is 2.69. The Labute approximate surface area is 155 Å². The summed E-state index contributed by atoms with van der Waals surface area (Å²) in [7, 11) is -2.43. The summed E-state index contributed by atoms with van der Waals surface area (Å²) in [6.07, 6.45) is -0.728. The van der Waals surface area contributed by atoms with Crippen LogP contribution in [0.1, 0.15) is 6.92 Å². The number of carbonyl (C=O) groups excluding carboxylic acids is 1. The van der Waals surface area contributed by atoms with E-state index in [-0.39, 0.29) is 5.66 Å². The number of rotatable bonds is 6. The quantitative estimate of drug-likeness (QED) is 0.682. The van der Waals surface area contributed by atoms with Crippen LogP contribution in [0.15, 0.2) is 91.0 Å². The second-order valence-corrected chi connectivity index (χ2v) is 10.8. The van der Waals surface area contributed by atoms with Crippen molar-refractivity contribution in [3.63, 3.8) is 0 Å². The van der Waals surface area contributed by atoms with Crippen molar-refractivity contribution in [1.29, 1.82) is 0 Å². The van der Waals surface area contributed by atoms with Crippen molar-refractivity contribution in [2.45, 2.75) is 12.6 Å². The van der Waals surface area contributed by atoms with Crippen molar-refractivity contribution in [1.82, 2.24) is 0 Å². The molecule has 0 bridgehead atoms. The van der Waals surface area contributed by atoms with Crippen molar-refractivity contribution < 1.29 is 9.53 Å². The van der Waals surface area contributed by atoms with Gasteiger partial charge < -0.3 is 0 Å². The summed E-state index contributed by atoms with van der Waals surface area (Å²) in [6, 6.07) is 31.7. The Balaban J connectivity index is 2.26. The third-order valence-electron chi connectivity index (χ3n) is 4.90. The molecule has 0 saturated carbocycles. The molecule has 0 aliphatic heterocycles. The maximum atomic E-state index is 11.3. The third kappa shape index (κ3) is 3.49. The van der Waals surface area contributed by atoms with Gasteiger partial charge in [0.2, 0.25) is 0 Å². The number of nitrogens with two attached hydrogens (primary N) is 1. The van der Waals surface area contributed by atoms with E-state index in [9.17, 15) is 4.79 Å². The van der Waals surface area contributed by atoms with Crippen molar-refractivity contribution >= 4 is 29.3 Å². The van der Waals surface area contributed by atoms with Gasteiger partial charge in [-0.3, -0.25) is 0 Å². The summed E-state index contributed by atoms with van der Waals surface area (Å²) >= 11 is 0. The third-order valence-corrected chi connectivity index (χ3v) is 10.3. The van der Waals surface area contributed by atoms with Crippen LogP contribution in [-0.2, 0) is 4.74 Å². The van der Waals surface area contributed by atoms with E-state index in [1.807, 2.05) is 18.2 Å². The Morgan fingerprint density at radius 2 is 1.15 bits per heavy atom. The van der Waals surface area contributed by atoms with Crippen LogP contribution in [0, 0.1) is 0 Å². The first-order valence-corrected chi connectivity index (χ1v) is 10.8. The molecule has 0 fully saturated rings. The predicted octanol–water partition coefficient (Wildman–Crippen LogP) is 3.20. The zero-order chi connectivity index (χ0) is 18.4. The summed E-state index contributed by atoms with van der Waals surface area (Å²) in [5.74, 6) is 0. The Morgan fingerprint density at radius 3 is 1.46 bits per heavy atom. The van der Waals surface area contributed by atoms with Gasteiger partial charge in [0.05, 0.1) is 0 Å². The number of primary amides is 1. The first kappa shape index (κ1) is 18.2. The Morgan fingerprint density at radius 1 is 0.808 bits per heavy atom. The minimum absolute atomic E-state index is 0.113. The molecule has 134 valence electrons. The van der Waals surface area contributed by atoms with Gasteiger partial charge in [0.1, 0.15) is 0 Å². The fourth-order valence-electron chi connectivity index (χ4n) is 3.79. The molecule has 0 spiro atoms. The van der Waals surface area contributed by atoms with E-state index in [1.165, 1.54) is 15.9 Å². The van der Waals surface area contributed by atoms with Crippen LogP contribution in [-0.4, -0.2) is 18.4 Å². The van der Waals surface area contributed by atoms with Crippen molar-refractivity contribution in [2.75, 3.05) is 6.61 Å². The average molecular weight is 365 g/mol. The molecule has 0 saturated heterocycles. The summed E-state index contributed by atoms with van der Waals surface area (Å²) in [6.45, 7) is 2.45. The topological polar surface area (TPSA) is 52.3 Å². The van der Waals surface area contributed by atoms with E-state index in [0.717, 1.165) is 0 Å². The van der Waals surface area contributed by atoms with Crippen LogP contribution in [0.25, 0.3) is 0 Å². The molecule has 26 heavy (non-hydrogen) atoms. The van der Waals surface area contributed by atoms with Crippen LogP contribution in [0.3, 0.4) is 0 Å². The number of hydrogen-bond acceptors (Lipinski definition) is 2. The van der Waals surface area contributed by atoms with Gasteiger partial charge in [-0.2, -0.15) is 0 Å². The van der Waals surface area contributed by atoms with E-state index in [4.69, 9.17) is 10.5 Å².